The number of amides is 1. The number of pyridine rings is 1. The first-order valence-corrected chi connectivity index (χ1v) is 6.61. The molecule has 0 saturated heterocycles. The SMILES string of the molecule is CC(=O)Nc1ccc(Nc2ncc(C)cc2Br)cc1. The molecular formula is C14H14BrN3O. The number of hydrogen-bond acceptors (Lipinski definition) is 3. The van der Waals surface area contributed by atoms with E-state index in [-0.39, 0.29) is 5.91 Å². The second-order valence-corrected chi connectivity index (χ2v) is 5.08. The molecule has 1 heterocycles. The van der Waals surface area contributed by atoms with E-state index in [0.29, 0.717) is 0 Å². The summed E-state index contributed by atoms with van der Waals surface area (Å²) >= 11 is 3.47. The number of halogens is 1. The van der Waals surface area contributed by atoms with Gasteiger partial charge in [-0.25, -0.2) is 4.98 Å². The molecule has 0 aliphatic heterocycles. The van der Waals surface area contributed by atoms with Crippen LogP contribution in [0.5, 0.6) is 0 Å². The lowest BCUT2D eigenvalue weighted by atomic mass is 10.2. The summed E-state index contributed by atoms with van der Waals surface area (Å²) in [6.45, 7) is 3.48. The third kappa shape index (κ3) is 3.79. The number of carbonyl (C=O) groups excluding carboxylic acids is 1. The lowest BCUT2D eigenvalue weighted by Gasteiger charge is -2.09. The Bertz CT molecular complexity index is 596. The van der Waals surface area contributed by atoms with E-state index in [1.54, 1.807) is 6.20 Å². The Labute approximate surface area is 120 Å². The molecule has 0 fully saturated rings. The van der Waals surface area contributed by atoms with E-state index >= 15 is 0 Å². The van der Waals surface area contributed by atoms with Gasteiger partial charge in [0.2, 0.25) is 5.91 Å². The molecule has 5 heteroatoms. The van der Waals surface area contributed by atoms with Gasteiger partial charge in [-0.1, -0.05) is 0 Å². The Balaban J connectivity index is 2.13. The predicted molar refractivity (Wildman–Crippen MR) is 80.7 cm³/mol. The zero-order chi connectivity index (χ0) is 13.8. The van der Waals surface area contributed by atoms with Crippen molar-refractivity contribution in [2.45, 2.75) is 13.8 Å². The lowest BCUT2D eigenvalue weighted by molar-refractivity contribution is -0.114. The Morgan fingerprint density at radius 2 is 1.84 bits per heavy atom. The van der Waals surface area contributed by atoms with E-state index in [1.807, 2.05) is 37.3 Å². The Hall–Kier alpha value is -1.88. The van der Waals surface area contributed by atoms with Crippen molar-refractivity contribution in [2.24, 2.45) is 0 Å². The van der Waals surface area contributed by atoms with Crippen LogP contribution in [-0.4, -0.2) is 10.9 Å². The van der Waals surface area contributed by atoms with Crippen LogP contribution in [0.1, 0.15) is 12.5 Å². The number of anilines is 3. The summed E-state index contributed by atoms with van der Waals surface area (Å²) in [7, 11) is 0. The average Bonchev–Trinajstić information content (AvgIpc) is 2.34. The molecule has 0 bridgehead atoms. The van der Waals surface area contributed by atoms with Gasteiger partial charge in [-0.3, -0.25) is 4.79 Å². The van der Waals surface area contributed by atoms with Crippen molar-refractivity contribution >= 4 is 39.0 Å². The first-order chi connectivity index (χ1) is 9.04. The molecule has 2 aromatic rings. The topological polar surface area (TPSA) is 54.0 Å². The Morgan fingerprint density at radius 1 is 1.21 bits per heavy atom. The molecule has 19 heavy (non-hydrogen) atoms. The minimum absolute atomic E-state index is 0.0799. The van der Waals surface area contributed by atoms with Gasteiger partial charge in [-0.2, -0.15) is 0 Å². The van der Waals surface area contributed by atoms with Gasteiger partial charge in [0.05, 0.1) is 4.47 Å². The van der Waals surface area contributed by atoms with Crippen LogP contribution < -0.4 is 10.6 Å². The molecule has 0 radical (unpaired) electrons. The normalized spacial score (nSPS) is 10.1. The molecule has 2 N–H and O–H groups in total. The quantitative estimate of drug-likeness (QED) is 0.903. The monoisotopic (exact) mass is 319 g/mol. The van der Waals surface area contributed by atoms with E-state index in [1.165, 1.54) is 6.92 Å². The van der Waals surface area contributed by atoms with Crippen molar-refractivity contribution in [3.05, 3.63) is 46.6 Å². The third-order valence-electron chi connectivity index (χ3n) is 2.45. The van der Waals surface area contributed by atoms with Crippen molar-refractivity contribution in [1.82, 2.24) is 4.98 Å². The largest absolute Gasteiger partial charge is 0.339 e. The van der Waals surface area contributed by atoms with Gasteiger partial charge in [0, 0.05) is 24.5 Å². The van der Waals surface area contributed by atoms with Crippen LogP contribution in [-0.2, 0) is 4.79 Å². The number of benzene rings is 1. The third-order valence-corrected chi connectivity index (χ3v) is 3.05. The zero-order valence-electron chi connectivity index (χ0n) is 10.7. The van der Waals surface area contributed by atoms with Gasteiger partial charge >= 0.3 is 0 Å². The number of carbonyl (C=O) groups is 1. The van der Waals surface area contributed by atoms with E-state index in [4.69, 9.17) is 0 Å². The molecule has 1 aromatic carbocycles. The van der Waals surface area contributed by atoms with Crippen LogP contribution in [0.3, 0.4) is 0 Å². The molecule has 0 atom stereocenters. The highest BCUT2D eigenvalue weighted by Crippen LogP contribution is 2.24. The van der Waals surface area contributed by atoms with Crippen LogP contribution in [0.2, 0.25) is 0 Å². The number of nitrogens with zero attached hydrogens (tertiary/aromatic N) is 1. The van der Waals surface area contributed by atoms with Crippen molar-refractivity contribution in [3.8, 4) is 0 Å². The fourth-order valence-corrected chi connectivity index (χ4v) is 2.16. The van der Waals surface area contributed by atoms with Crippen molar-refractivity contribution in [1.29, 1.82) is 0 Å². The maximum atomic E-state index is 10.9. The number of rotatable bonds is 3. The molecule has 4 nitrogen and oxygen atoms in total. The van der Waals surface area contributed by atoms with Gasteiger partial charge in [-0.05, 0) is 58.7 Å². The first kappa shape index (κ1) is 13.5. The maximum Gasteiger partial charge on any atom is 0.221 e. The van der Waals surface area contributed by atoms with Crippen LogP contribution in [0.15, 0.2) is 41.0 Å². The number of aryl methyl sites for hydroxylation is 1. The highest BCUT2D eigenvalue weighted by molar-refractivity contribution is 9.10. The molecule has 0 aliphatic rings. The Morgan fingerprint density at radius 3 is 2.42 bits per heavy atom. The van der Waals surface area contributed by atoms with E-state index in [9.17, 15) is 4.79 Å². The molecule has 0 unspecified atom stereocenters. The molecule has 0 aliphatic carbocycles. The fourth-order valence-electron chi connectivity index (χ4n) is 1.60. The van der Waals surface area contributed by atoms with Crippen LogP contribution in [0.25, 0.3) is 0 Å². The van der Waals surface area contributed by atoms with Crippen LogP contribution >= 0.6 is 15.9 Å². The van der Waals surface area contributed by atoms with E-state index in [2.05, 4.69) is 31.5 Å². The zero-order valence-corrected chi connectivity index (χ0v) is 12.3. The molecular weight excluding hydrogens is 306 g/mol. The summed E-state index contributed by atoms with van der Waals surface area (Å²) in [5.74, 6) is 0.682. The summed E-state index contributed by atoms with van der Waals surface area (Å²) in [6, 6.07) is 9.46. The van der Waals surface area contributed by atoms with E-state index < -0.39 is 0 Å². The second-order valence-electron chi connectivity index (χ2n) is 4.23. The summed E-state index contributed by atoms with van der Waals surface area (Å²) < 4.78 is 0.915. The number of aromatic nitrogens is 1. The fraction of sp³-hybridized carbons (Fsp3) is 0.143. The lowest BCUT2D eigenvalue weighted by Crippen LogP contribution is -2.05. The minimum atomic E-state index is -0.0799. The van der Waals surface area contributed by atoms with Gasteiger partial charge in [-0.15, -0.1) is 0 Å². The van der Waals surface area contributed by atoms with Gasteiger partial charge in [0.15, 0.2) is 0 Å². The standard InChI is InChI=1S/C14H14BrN3O/c1-9-7-13(15)14(16-8-9)18-12-5-3-11(4-6-12)17-10(2)19/h3-8H,1-2H3,(H,16,18)(H,17,19). The van der Waals surface area contributed by atoms with Gasteiger partial charge < -0.3 is 10.6 Å². The smallest absolute Gasteiger partial charge is 0.221 e. The van der Waals surface area contributed by atoms with Crippen LogP contribution in [0.4, 0.5) is 17.2 Å². The van der Waals surface area contributed by atoms with Gasteiger partial charge in [0.25, 0.3) is 0 Å². The number of hydrogen-bond donors (Lipinski definition) is 2. The minimum Gasteiger partial charge on any atom is -0.339 e. The second kappa shape index (κ2) is 5.84. The van der Waals surface area contributed by atoms with Gasteiger partial charge in [0.1, 0.15) is 5.82 Å². The summed E-state index contributed by atoms with van der Waals surface area (Å²) in [5.41, 5.74) is 2.78. The maximum absolute atomic E-state index is 10.9. The molecule has 1 aromatic heterocycles. The highest BCUT2D eigenvalue weighted by Gasteiger charge is 2.02. The average molecular weight is 320 g/mol. The first-order valence-electron chi connectivity index (χ1n) is 5.81. The van der Waals surface area contributed by atoms with Crippen molar-refractivity contribution in [2.75, 3.05) is 10.6 Å². The summed E-state index contributed by atoms with van der Waals surface area (Å²) in [6.07, 6.45) is 1.80. The Kier molecular flexibility index (Phi) is 4.16. The number of nitrogens with one attached hydrogen (secondary N) is 2. The molecule has 2 rings (SSSR count). The predicted octanol–water partition coefficient (Wildman–Crippen LogP) is 3.85. The molecule has 0 saturated carbocycles. The summed E-state index contributed by atoms with van der Waals surface area (Å²) in [4.78, 5) is 15.2. The van der Waals surface area contributed by atoms with Crippen molar-refractivity contribution in [3.63, 3.8) is 0 Å². The molecule has 0 spiro atoms. The summed E-state index contributed by atoms with van der Waals surface area (Å²) in [5, 5.41) is 5.93. The van der Waals surface area contributed by atoms with E-state index in [0.717, 1.165) is 27.2 Å². The highest BCUT2D eigenvalue weighted by atomic mass is 79.9. The van der Waals surface area contributed by atoms with Crippen molar-refractivity contribution < 1.29 is 4.79 Å². The van der Waals surface area contributed by atoms with Crippen LogP contribution in [0, 0.1) is 6.92 Å². The molecule has 98 valence electrons. The molecule has 1 amide bonds.